The van der Waals surface area contributed by atoms with E-state index in [1.807, 2.05) is 32.2 Å². The van der Waals surface area contributed by atoms with E-state index in [9.17, 15) is 13.2 Å². The number of nitrogens with one attached hydrogen (secondary N) is 1. The zero-order chi connectivity index (χ0) is 22.2. The standard InChI is InChI=1S/C22H25N3O4S2/c1-14-4-6-18(7-5-14)31(27,28)25-10-8-17(9-11-25)21(26)24-22-23-20(13-30-22)19-12-15(2)29-16(19)3/h4-7,12-13,17H,8-11H2,1-3H3,(H,23,24,26). The lowest BCUT2D eigenvalue weighted by atomic mass is 9.97. The summed E-state index contributed by atoms with van der Waals surface area (Å²) in [7, 11) is -3.53. The molecule has 164 valence electrons. The maximum Gasteiger partial charge on any atom is 0.243 e. The molecule has 1 N–H and O–H groups in total. The van der Waals surface area contributed by atoms with E-state index in [1.165, 1.54) is 15.6 Å². The molecule has 3 heterocycles. The van der Waals surface area contributed by atoms with Crippen LogP contribution in [0.15, 0.2) is 45.0 Å². The number of hydrogen-bond acceptors (Lipinski definition) is 6. The Morgan fingerprint density at radius 2 is 1.84 bits per heavy atom. The predicted octanol–water partition coefficient (Wildman–Crippen LogP) is 4.37. The van der Waals surface area contributed by atoms with E-state index in [4.69, 9.17) is 4.42 Å². The Bertz CT molecular complexity index is 1190. The molecule has 3 aromatic rings. The summed E-state index contributed by atoms with van der Waals surface area (Å²) in [5, 5.41) is 5.32. The summed E-state index contributed by atoms with van der Waals surface area (Å²) in [6, 6.07) is 8.78. The number of thiazole rings is 1. The Morgan fingerprint density at radius 3 is 2.45 bits per heavy atom. The van der Waals surface area contributed by atoms with E-state index in [1.54, 1.807) is 24.3 Å². The van der Waals surface area contributed by atoms with Crippen molar-refractivity contribution in [2.45, 2.75) is 38.5 Å². The lowest BCUT2D eigenvalue weighted by Gasteiger charge is -2.30. The summed E-state index contributed by atoms with van der Waals surface area (Å²) in [5.74, 6) is 1.25. The molecule has 1 aliphatic heterocycles. The van der Waals surface area contributed by atoms with Crippen LogP contribution in [0.1, 0.15) is 29.9 Å². The lowest BCUT2D eigenvalue weighted by molar-refractivity contribution is -0.120. The maximum absolute atomic E-state index is 12.8. The first kappa shape index (κ1) is 21.7. The normalized spacial score (nSPS) is 15.8. The maximum atomic E-state index is 12.8. The number of nitrogens with zero attached hydrogens (tertiary/aromatic N) is 2. The summed E-state index contributed by atoms with van der Waals surface area (Å²) in [4.78, 5) is 17.5. The van der Waals surface area contributed by atoms with Crippen LogP contribution < -0.4 is 5.32 Å². The van der Waals surface area contributed by atoms with Crippen LogP contribution in [-0.4, -0.2) is 36.7 Å². The molecule has 31 heavy (non-hydrogen) atoms. The van der Waals surface area contributed by atoms with Crippen molar-refractivity contribution in [3.8, 4) is 11.3 Å². The topological polar surface area (TPSA) is 92.5 Å². The van der Waals surface area contributed by atoms with Crippen LogP contribution in [0.4, 0.5) is 5.13 Å². The van der Waals surface area contributed by atoms with Crippen LogP contribution in [0.3, 0.4) is 0 Å². The van der Waals surface area contributed by atoms with E-state index in [2.05, 4.69) is 10.3 Å². The number of benzene rings is 1. The Labute approximate surface area is 186 Å². The van der Waals surface area contributed by atoms with Gasteiger partial charge in [-0.3, -0.25) is 4.79 Å². The first-order chi connectivity index (χ1) is 14.7. The Kier molecular flexibility index (Phi) is 6.00. The van der Waals surface area contributed by atoms with E-state index in [0.717, 1.165) is 28.3 Å². The predicted molar refractivity (Wildman–Crippen MR) is 121 cm³/mol. The number of anilines is 1. The zero-order valence-corrected chi connectivity index (χ0v) is 19.3. The van der Waals surface area contributed by atoms with Crippen molar-refractivity contribution in [1.29, 1.82) is 0 Å². The molecule has 1 aromatic carbocycles. The van der Waals surface area contributed by atoms with Gasteiger partial charge in [-0.1, -0.05) is 17.7 Å². The third kappa shape index (κ3) is 4.58. The molecule has 0 radical (unpaired) electrons. The summed E-state index contributed by atoms with van der Waals surface area (Å²) in [5.41, 5.74) is 2.70. The first-order valence-electron chi connectivity index (χ1n) is 10.1. The largest absolute Gasteiger partial charge is 0.466 e. The van der Waals surface area contributed by atoms with Crippen molar-refractivity contribution >= 4 is 32.4 Å². The average molecular weight is 460 g/mol. The third-order valence-electron chi connectivity index (χ3n) is 5.53. The Balaban J connectivity index is 1.37. The van der Waals surface area contributed by atoms with Gasteiger partial charge in [0.05, 0.1) is 10.6 Å². The summed E-state index contributed by atoms with van der Waals surface area (Å²) < 4.78 is 32.7. The van der Waals surface area contributed by atoms with Crippen molar-refractivity contribution in [2.75, 3.05) is 18.4 Å². The molecule has 0 saturated carbocycles. The molecule has 1 aliphatic rings. The molecule has 2 aromatic heterocycles. The molecule has 4 rings (SSSR count). The number of amides is 1. The van der Waals surface area contributed by atoms with Crippen LogP contribution in [-0.2, 0) is 14.8 Å². The minimum atomic E-state index is -3.53. The number of piperidine rings is 1. The number of aromatic nitrogens is 1. The van der Waals surface area contributed by atoms with Crippen molar-refractivity contribution in [2.24, 2.45) is 5.92 Å². The highest BCUT2D eigenvalue weighted by atomic mass is 32.2. The summed E-state index contributed by atoms with van der Waals surface area (Å²) >= 11 is 1.37. The second kappa shape index (κ2) is 8.57. The van der Waals surface area contributed by atoms with Crippen molar-refractivity contribution in [3.63, 3.8) is 0 Å². The lowest BCUT2D eigenvalue weighted by Crippen LogP contribution is -2.41. The number of aryl methyl sites for hydroxylation is 3. The van der Waals surface area contributed by atoms with Gasteiger partial charge >= 0.3 is 0 Å². The van der Waals surface area contributed by atoms with Gasteiger partial charge in [0.15, 0.2) is 5.13 Å². The molecule has 0 aliphatic carbocycles. The smallest absolute Gasteiger partial charge is 0.243 e. The molecule has 0 unspecified atom stereocenters. The first-order valence-corrected chi connectivity index (χ1v) is 12.5. The van der Waals surface area contributed by atoms with Gasteiger partial charge in [-0.15, -0.1) is 11.3 Å². The van der Waals surface area contributed by atoms with E-state index in [-0.39, 0.29) is 11.8 Å². The molecule has 0 spiro atoms. The van der Waals surface area contributed by atoms with Crippen LogP contribution in [0.5, 0.6) is 0 Å². The SMILES string of the molecule is Cc1ccc(S(=O)(=O)N2CCC(C(=O)Nc3nc(-c4cc(C)oc4C)cs3)CC2)cc1. The van der Waals surface area contributed by atoms with Gasteiger partial charge in [0.1, 0.15) is 11.5 Å². The molecule has 1 amide bonds. The van der Waals surface area contributed by atoms with Gasteiger partial charge < -0.3 is 9.73 Å². The highest BCUT2D eigenvalue weighted by Crippen LogP contribution is 2.30. The number of carbonyl (C=O) groups excluding carboxylic acids is 1. The molecule has 9 heteroatoms. The molecular formula is C22H25N3O4S2. The monoisotopic (exact) mass is 459 g/mol. The highest BCUT2D eigenvalue weighted by molar-refractivity contribution is 7.89. The molecule has 1 saturated heterocycles. The quantitative estimate of drug-likeness (QED) is 0.612. The minimum absolute atomic E-state index is 0.117. The Morgan fingerprint density at radius 1 is 1.16 bits per heavy atom. The van der Waals surface area contributed by atoms with Crippen LogP contribution >= 0.6 is 11.3 Å². The molecule has 0 bridgehead atoms. The molecule has 1 fully saturated rings. The Hall–Kier alpha value is -2.49. The van der Waals surface area contributed by atoms with Crippen molar-refractivity contribution in [1.82, 2.24) is 9.29 Å². The van der Waals surface area contributed by atoms with Crippen molar-refractivity contribution in [3.05, 3.63) is 52.8 Å². The minimum Gasteiger partial charge on any atom is -0.466 e. The fourth-order valence-corrected chi connectivity index (χ4v) is 5.95. The number of hydrogen-bond donors (Lipinski definition) is 1. The summed E-state index contributed by atoms with van der Waals surface area (Å²) in [6.45, 7) is 6.34. The van der Waals surface area contributed by atoms with Gasteiger partial charge in [-0.25, -0.2) is 13.4 Å². The summed E-state index contributed by atoms with van der Waals surface area (Å²) in [6.07, 6.45) is 0.963. The van der Waals surface area contributed by atoms with E-state index < -0.39 is 10.0 Å². The van der Waals surface area contributed by atoms with E-state index >= 15 is 0 Å². The fraction of sp³-hybridized carbons (Fsp3) is 0.364. The van der Waals surface area contributed by atoms with Gasteiger partial charge in [0, 0.05) is 30.0 Å². The second-order valence-corrected chi connectivity index (χ2v) is 10.6. The van der Waals surface area contributed by atoms with Crippen LogP contribution in [0.2, 0.25) is 0 Å². The molecule has 7 nitrogen and oxygen atoms in total. The molecule has 0 atom stereocenters. The zero-order valence-electron chi connectivity index (χ0n) is 17.7. The second-order valence-electron chi connectivity index (χ2n) is 7.85. The third-order valence-corrected chi connectivity index (χ3v) is 8.21. The number of sulfonamides is 1. The number of carbonyl (C=O) groups is 1. The van der Waals surface area contributed by atoms with Crippen LogP contribution in [0, 0.1) is 26.7 Å². The van der Waals surface area contributed by atoms with Gasteiger partial charge in [0.25, 0.3) is 0 Å². The van der Waals surface area contributed by atoms with Gasteiger partial charge in [0.2, 0.25) is 15.9 Å². The van der Waals surface area contributed by atoms with E-state index in [0.29, 0.717) is 36.0 Å². The number of furan rings is 1. The van der Waals surface area contributed by atoms with Gasteiger partial charge in [-0.05, 0) is 51.8 Å². The van der Waals surface area contributed by atoms with Crippen molar-refractivity contribution < 1.29 is 17.6 Å². The van der Waals surface area contributed by atoms with Gasteiger partial charge in [-0.2, -0.15) is 4.31 Å². The average Bonchev–Trinajstić information content (AvgIpc) is 3.33. The highest BCUT2D eigenvalue weighted by Gasteiger charge is 2.32. The number of rotatable bonds is 5. The van der Waals surface area contributed by atoms with Crippen LogP contribution in [0.25, 0.3) is 11.3 Å². The fourth-order valence-electron chi connectivity index (χ4n) is 3.77. The molecular weight excluding hydrogens is 434 g/mol.